The Labute approximate surface area is 88.2 Å². The Morgan fingerprint density at radius 1 is 1.14 bits per heavy atom. The van der Waals surface area contributed by atoms with Gasteiger partial charge in [-0.1, -0.05) is 20.8 Å². The highest BCUT2D eigenvalue weighted by Crippen LogP contribution is 2.20. The minimum Gasteiger partial charge on any atom is -0.368 e. The summed E-state index contributed by atoms with van der Waals surface area (Å²) in [6, 6.07) is 0. The molecule has 0 saturated carbocycles. The molecule has 1 aliphatic rings. The third-order valence-corrected chi connectivity index (χ3v) is 3.56. The molecule has 1 rings (SSSR count). The van der Waals surface area contributed by atoms with Crippen LogP contribution in [0.4, 0.5) is 0 Å². The summed E-state index contributed by atoms with van der Waals surface area (Å²) in [5.74, 6) is 1.25. The largest absolute Gasteiger partial charge is 0.368 e. The van der Waals surface area contributed by atoms with Gasteiger partial charge in [0, 0.05) is 18.5 Å². The minimum atomic E-state index is 0.302. The molecule has 0 aliphatic carbocycles. The zero-order chi connectivity index (χ0) is 10.4. The van der Waals surface area contributed by atoms with E-state index in [0.717, 1.165) is 13.0 Å². The van der Waals surface area contributed by atoms with E-state index in [1.165, 1.54) is 37.9 Å². The molecule has 2 heteroatoms. The average Bonchev–Trinajstić information content (AvgIpc) is 2.28. The highest BCUT2D eigenvalue weighted by Gasteiger charge is 2.24. The predicted molar refractivity (Wildman–Crippen MR) is 62.9 cm³/mol. The lowest BCUT2D eigenvalue weighted by Gasteiger charge is -2.34. The lowest BCUT2D eigenvalue weighted by molar-refractivity contribution is 0.335. The Kier molecular flexibility index (Phi) is 4.43. The topological polar surface area (TPSA) is 24.4 Å². The van der Waals surface area contributed by atoms with Crippen molar-refractivity contribution in [2.24, 2.45) is 4.99 Å². The van der Waals surface area contributed by atoms with Gasteiger partial charge in [0.05, 0.1) is 5.84 Å². The fourth-order valence-corrected chi connectivity index (χ4v) is 2.12. The molecular formula is C12H24N2. The standard InChI is InChI=1S/C12H24N2/c1-4-12(5-2,6-3)14-11-9-7-8-10-13-11/h4-10H2,1-3H3,(H,13,14). The van der Waals surface area contributed by atoms with Gasteiger partial charge in [0.1, 0.15) is 0 Å². The van der Waals surface area contributed by atoms with Gasteiger partial charge in [-0.2, -0.15) is 0 Å². The first-order chi connectivity index (χ1) is 6.76. The number of hydrogen-bond donors (Lipinski definition) is 1. The van der Waals surface area contributed by atoms with E-state index in [-0.39, 0.29) is 0 Å². The van der Waals surface area contributed by atoms with Crippen LogP contribution < -0.4 is 5.32 Å². The van der Waals surface area contributed by atoms with Gasteiger partial charge in [-0.15, -0.1) is 0 Å². The average molecular weight is 196 g/mol. The monoisotopic (exact) mass is 196 g/mol. The van der Waals surface area contributed by atoms with Gasteiger partial charge < -0.3 is 5.32 Å². The first-order valence-electron chi connectivity index (χ1n) is 6.08. The number of hydrogen-bond acceptors (Lipinski definition) is 2. The summed E-state index contributed by atoms with van der Waals surface area (Å²) in [7, 11) is 0. The zero-order valence-electron chi connectivity index (χ0n) is 9.90. The van der Waals surface area contributed by atoms with Crippen molar-refractivity contribution in [3.63, 3.8) is 0 Å². The second-order valence-corrected chi connectivity index (χ2v) is 4.25. The highest BCUT2D eigenvalue weighted by molar-refractivity contribution is 5.83. The normalized spacial score (nSPS) is 17.8. The molecule has 0 saturated heterocycles. The lowest BCUT2D eigenvalue weighted by atomic mass is 9.89. The van der Waals surface area contributed by atoms with E-state index >= 15 is 0 Å². The van der Waals surface area contributed by atoms with Crippen LogP contribution in [0, 0.1) is 0 Å². The fourth-order valence-electron chi connectivity index (χ4n) is 2.12. The van der Waals surface area contributed by atoms with Crippen molar-refractivity contribution in [3.8, 4) is 0 Å². The van der Waals surface area contributed by atoms with E-state index in [9.17, 15) is 0 Å². The van der Waals surface area contributed by atoms with Crippen molar-refractivity contribution in [3.05, 3.63) is 0 Å². The molecule has 0 spiro atoms. The minimum absolute atomic E-state index is 0.302. The van der Waals surface area contributed by atoms with E-state index in [1.54, 1.807) is 0 Å². The van der Waals surface area contributed by atoms with Gasteiger partial charge in [-0.25, -0.2) is 0 Å². The third kappa shape index (κ3) is 2.73. The maximum absolute atomic E-state index is 4.56. The van der Waals surface area contributed by atoms with Crippen LogP contribution in [0.3, 0.4) is 0 Å². The second kappa shape index (κ2) is 5.38. The van der Waals surface area contributed by atoms with Crippen LogP contribution >= 0.6 is 0 Å². The van der Waals surface area contributed by atoms with Crippen molar-refractivity contribution >= 4 is 5.84 Å². The number of aliphatic imine (C=N–C) groups is 1. The number of amidine groups is 1. The molecular weight excluding hydrogens is 172 g/mol. The molecule has 0 unspecified atom stereocenters. The molecule has 0 atom stereocenters. The fraction of sp³-hybridized carbons (Fsp3) is 0.917. The van der Waals surface area contributed by atoms with Crippen LogP contribution in [0.5, 0.6) is 0 Å². The van der Waals surface area contributed by atoms with Gasteiger partial charge in [-0.3, -0.25) is 4.99 Å². The Balaban J connectivity index is 2.57. The summed E-state index contributed by atoms with van der Waals surface area (Å²) < 4.78 is 0. The maximum Gasteiger partial charge on any atom is 0.0967 e. The molecule has 2 nitrogen and oxygen atoms in total. The highest BCUT2D eigenvalue weighted by atomic mass is 15.1. The van der Waals surface area contributed by atoms with Crippen molar-refractivity contribution in [2.75, 3.05) is 6.54 Å². The van der Waals surface area contributed by atoms with Crippen molar-refractivity contribution < 1.29 is 0 Å². The first kappa shape index (κ1) is 11.5. The Hall–Kier alpha value is -0.530. The third-order valence-electron chi connectivity index (χ3n) is 3.56. The summed E-state index contributed by atoms with van der Waals surface area (Å²) >= 11 is 0. The first-order valence-corrected chi connectivity index (χ1v) is 6.08. The Bertz CT molecular complexity index is 184. The SMILES string of the molecule is CCC(CC)(CC)NC1=NCCCC1. The van der Waals surface area contributed by atoms with E-state index < -0.39 is 0 Å². The van der Waals surface area contributed by atoms with Crippen molar-refractivity contribution in [1.82, 2.24) is 5.32 Å². The summed E-state index contributed by atoms with van der Waals surface area (Å²) in [5, 5.41) is 3.67. The Morgan fingerprint density at radius 2 is 1.79 bits per heavy atom. The quantitative estimate of drug-likeness (QED) is 0.734. The predicted octanol–water partition coefficient (Wildman–Crippen LogP) is 3.13. The van der Waals surface area contributed by atoms with Crippen LogP contribution in [0.15, 0.2) is 4.99 Å². The molecule has 0 aromatic rings. The van der Waals surface area contributed by atoms with Gasteiger partial charge in [0.25, 0.3) is 0 Å². The summed E-state index contributed by atoms with van der Waals surface area (Å²) in [6.07, 6.45) is 7.31. The van der Waals surface area contributed by atoms with Gasteiger partial charge in [-0.05, 0) is 32.1 Å². The van der Waals surface area contributed by atoms with E-state index in [0.29, 0.717) is 5.54 Å². The molecule has 0 fully saturated rings. The molecule has 14 heavy (non-hydrogen) atoms. The Morgan fingerprint density at radius 3 is 2.21 bits per heavy atom. The number of rotatable bonds is 4. The number of nitrogens with zero attached hydrogens (tertiary/aromatic N) is 1. The molecule has 1 heterocycles. The second-order valence-electron chi connectivity index (χ2n) is 4.25. The van der Waals surface area contributed by atoms with Crippen LogP contribution in [-0.4, -0.2) is 17.9 Å². The summed E-state index contributed by atoms with van der Waals surface area (Å²) in [5.41, 5.74) is 0.302. The zero-order valence-corrected chi connectivity index (χ0v) is 9.90. The smallest absolute Gasteiger partial charge is 0.0967 e. The molecule has 0 bridgehead atoms. The molecule has 0 radical (unpaired) electrons. The van der Waals surface area contributed by atoms with Crippen LogP contribution in [0.25, 0.3) is 0 Å². The van der Waals surface area contributed by atoms with E-state index in [2.05, 4.69) is 31.1 Å². The van der Waals surface area contributed by atoms with Crippen LogP contribution in [-0.2, 0) is 0 Å². The molecule has 1 N–H and O–H groups in total. The van der Waals surface area contributed by atoms with Gasteiger partial charge >= 0.3 is 0 Å². The van der Waals surface area contributed by atoms with E-state index in [4.69, 9.17) is 0 Å². The number of nitrogens with one attached hydrogen (secondary N) is 1. The maximum atomic E-state index is 4.56. The van der Waals surface area contributed by atoms with E-state index in [1.807, 2.05) is 0 Å². The van der Waals surface area contributed by atoms with Gasteiger partial charge in [0.2, 0.25) is 0 Å². The lowest BCUT2D eigenvalue weighted by Crippen LogP contribution is -2.47. The molecule has 82 valence electrons. The molecule has 0 amide bonds. The van der Waals surface area contributed by atoms with Crippen molar-refractivity contribution in [1.29, 1.82) is 0 Å². The van der Waals surface area contributed by atoms with Crippen LogP contribution in [0.2, 0.25) is 0 Å². The molecule has 0 aromatic carbocycles. The van der Waals surface area contributed by atoms with Crippen molar-refractivity contribution in [2.45, 2.75) is 64.8 Å². The van der Waals surface area contributed by atoms with Crippen LogP contribution in [0.1, 0.15) is 59.3 Å². The molecule has 1 aliphatic heterocycles. The van der Waals surface area contributed by atoms with Gasteiger partial charge in [0.15, 0.2) is 0 Å². The molecule has 0 aromatic heterocycles. The summed E-state index contributed by atoms with van der Waals surface area (Å²) in [6.45, 7) is 7.83. The summed E-state index contributed by atoms with van der Waals surface area (Å²) in [4.78, 5) is 4.56.